The summed E-state index contributed by atoms with van der Waals surface area (Å²) in [5, 5.41) is 2.69. The number of aromatic nitrogens is 1. The van der Waals surface area contributed by atoms with Gasteiger partial charge >= 0.3 is 0 Å². The zero-order valence-electron chi connectivity index (χ0n) is 25.2. The van der Waals surface area contributed by atoms with Gasteiger partial charge in [-0.1, -0.05) is 151 Å². The van der Waals surface area contributed by atoms with E-state index < -0.39 is 5.41 Å². The van der Waals surface area contributed by atoms with Crippen molar-refractivity contribution in [2.45, 2.75) is 11.8 Å². The van der Waals surface area contributed by atoms with Gasteiger partial charge in [-0.05, 0) is 74.0 Å². The van der Waals surface area contributed by atoms with Gasteiger partial charge in [0, 0.05) is 22.0 Å². The van der Waals surface area contributed by atoms with Crippen LogP contribution in [0.25, 0.3) is 38.6 Å². The largest absolute Gasteiger partial charge is 0.310 e. The predicted octanol–water partition coefficient (Wildman–Crippen LogP) is 7.88. The average Bonchev–Trinajstić information content (AvgIpc) is 3.47. The topological polar surface area (TPSA) is 4.93 Å². The maximum atomic E-state index is 2.59. The van der Waals surface area contributed by atoms with Gasteiger partial charge in [0.25, 0.3) is 0 Å². The number of benzene rings is 7. The zero-order chi connectivity index (χ0) is 30.0. The van der Waals surface area contributed by atoms with E-state index in [-0.39, 0.29) is 6.71 Å². The van der Waals surface area contributed by atoms with Crippen molar-refractivity contribution >= 4 is 44.9 Å². The van der Waals surface area contributed by atoms with Crippen LogP contribution in [0.2, 0.25) is 0 Å². The third-order valence-corrected chi connectivity index (χ3v) is 11.2. The van der Waals surface area contributed by atoms with Crippen LogP contribution in [0.4, 0.5) is 0 Å². The first-order valence-corrected chi connectivity index (χ1v) is 16.4. The van der Waals surface area contributed by atoms with Crippen molar-refractivity contribution in [2.24, 2.45) is 0 Å². The van der Waals surface area contributed by atoms with E-state index in [0.29, 0.717) is 0 Å². The van der Waals surface area contributed by atoms with Crippen molar-refractivity contribution in [3.05, 3.63) is 191 Å². The first-order chi connectivity index (χ1) is 22.9. The first kappa shape index (κ1) is 24.7. The Morgan fingerprint density at radius 2 is 1.17 bits per heavy atom. The quantitative estimate of drug-likeness (QED) is 0.187. The Hall–Kier alpha value is -5.60. The summed E-state index contributed by atoms with van der Waals surface area (Å²) in [6.45, 7) is 0.171. The van der Waals surface area contributed by atoms with Crippen LogP contribution in [0.15, 0.2) is 158 Å². The number of rotatable bonds is 3. The molecule has 2 heteroatoms. The summed E-state index contributed by atoms with van der Waals surface area (Å²) in [6, 6.07) is 59.4. The highest BCUT2D eigenvalue weighted by Gasteiger charge is 2.53. The van der Waals surface area contributed by atoms with Gasteiger partial charge < -0.3 is 4.57 Å². The predicted molar refractivity (Wildman–Crippen MR) is 192 cm³/mol. The molecule has 1 nitrogen and oxygen atoms in total. The Kier molecular flexibility index (Phi) is 4.71. The zero-order valence-corrected chi connectivity index (χ0v) is 25.2. The number of hydrogen-bond acceptors (Lipinski definition) is 0. The highest BCUT2D eigenvalue weighted by Crippen LogP contribution is 2.50. The van der Waals surface area contributed by atoms with E-state index in [2.05, 4.69) is 162 Å². The second-order valence-electron chi connectivity index (χ2n) is 13.1. The second kappa shape index (κ2) is 8.77. The van der Waals surface area contributed by atoms with Crippen molar-refractivity contribution in [3.8, 4) is 16.8 Å². The van der Waals surface area contributed by atoms with Crippen LogP contribution in [-0.2, 0) is 11.8 Å². The minimum atomic E-state index is -0.463. The fourth-order valence-electron chi connectivity index (χ4n) is 9.56. The lowest BCUT2D eigenvalue weighted by atomic mass is 9.27. The molecule has 0 amide bonds. The number of nitrogens with zero attached hydrogens (tertiary/aromatic N) is 1. The maximum absolute atomic E-state index is 2.59. The lowest BCUT2D eigenvalue weighted by Crippen LogP contribution is -2.67. The molecule has 3 aliphatic heterocycles. The fourth-order valence-corrected chi connectivity index (χ4v) is 9.56. The van der Waals surface area contributed by atoms with Gasteiger partial charge in [-0.15, -0.1) is 0 Å². The molecule has 0 atom stereocenters. The lowest BCUT2D eigenvalue weighted by Gasteiger charge is -2.49. The van der Waals surface area contributed by atoms with Crippen LogP contribution in [0.1, 0.15) is 33.4 Å². The van der Waals surface area contributed by atoms with Gasteiger partial charge in [0.05, 0.1) is 10.9 Å². The van der Waals surface area contributed by atoms with Crippen LogP contribution >= 0.6 is 0 Å². The summed E-state index contributed by atoms with van der Waals surface area (Å²) in [5.41, 5.74) is 19.0. The molecule has 8 aromatic rings. The molecule has 0 saturated carbocycles. The normalized spacial score (nSPS) is 14.6. The third-order valence-electron chi connectivity index (χ3n) is 11.2. The molecule has 4 heterocycles. The monoisotopic (exact) mass is 581 g/mol. The number of para-hydroxylation sites is 1. The summed E-state index contributed by atoms with van der Waals surface area (Å²) in [4.78, 5) is 0. The Balaban J connectivity index is 1.40. The van der Waals surface area contributed by atoms with Crippen LogP contribution in [0.3, 0.4) is 0 Å². The van der Waals surface area contributed by atoms with Gasteiger partial charge in [0.2, 0.25) is 6.71 Å². The van der Waals surface area contributed by atoms with Crippen LogP contribution in [-0.4, -0.2) is 11.3 Å². The summed E-state index contributed by atoms with van der Waals surface area (Å²) in [7, 11) is 0. The molecule has 3 aliphatic rings. The molecule has 0 unspecified atom stereocenters. The molecule has 0 radical (unpaired) electrons. The van der Waals surface area contributed by atoms with Gasteiger partial charge in [0.15, 0.2) is 0 Å². The first-order valence-electron chi connectivity index (χ1n) is 16.4. The Bertz CT molecular complexity index is 2500. The molecule has 0 spiro atoms. The van der Waals surface area contributed by atoms with E-state index >= 15 is 0 Å². The Labute approximate surface area is 268 Å². The maximum Gasteiger partial charge on any atom is 0.248 e. The minimum Gasteiger partial charge on any atom is -0.310 e. The van der Waals surface area contributed by atoms with E-state index in [9.17, 15) is 0 Å². The second-order valence-corrected chi connectivity index (χ2v) is 13.1. The molecule has 0 N–H and O–H groups in total. The van der Waals surface area contributed by atoms with Crippen molar-refractivity contribution in [1.29, 1.82) is 0 Å². The van der Waals surface area contributed by atoms with Crippen molar-refractivity contribution in [3.63, 3.8) is 0 Å². The molecule has 46 heavy (non-hydrogen) atoms. The van der Waals surface area contributed by atoms with Crippen LogP contribution in [0, 0.1) is 0 Å². The molecule has 1 aromatic heterocycles. The smallest absolute Gasteiger partial charge is 0.248 e. The summed E-state index contributed by atoms with van der Waals surface area (Å²) >= 11 is 0. The molecule has 7 aromatic carbocycles. The van der Waals surface area contributed by atoms with Crippen molar-refractivity contribution in [2.75, 3.05) is 0 Å². The summed E-state index contributed by atoms with van der Waals surface area (Å²) < 4.78 is 2.59. The van der Waals surface area contributed by atoms with Crippen LogP contribution < -0.4 is 16.4 Å². The van der Waals surface area contributed by atoms with E-state index in [1.165, 1.54) is 88.4 Å². The van der Waals surface area contributed by atoms with Gasteiger partial charge in [-0.2, -0.15) is 0 Å². The highest BCUT2D eigenvalue weighted by atomic mass is 15.0. The molecular formula is C44H28BN. The Morgan fingerprint density at radius 3 is 1.93 bits per heavy atom. The van der Waals surface area contributed by atoms with E-state index in [1.807, 2.05) is 0 Å². The van der Waals surface area contributed by atoms with Crippen LogP contribution in [0.5, 0.6) is 0 Å². The molecule has 11 rings (SSSR count). The van der Waals surface area contributed by atoms with E-state index in [1.54, 1.807) is 0 Å². The molecule has 0 saturated heterocycles. The molecule has 0 fully saturated rings. The third kappa shape index (κ3) is 2.85. The van der Waals surface area contributed by atoms with Crippen molar-refractivity contribution in [1.82, 2.24) is 4.57 Å². The Morgan fingerprint density at radius 1 is 0.500 bits per heavy atom. The molecule has 212 valence electrons. The molecule has 0 bridgehead atoms. The van der Waals surface area contributed by atoms with Crippen molar-refractivity contribution < 1.29 is 0 Å². The number of fused-ring (bicyclic) bond motifs is 4. The highest BCUT2D eigenvalue weighted by molar-refractivity contribution is 7.00. The van der Waals surface area contributed by atoms with E-state index in [0.717, 1.165) is 6.42 Å². The fraction of sp³-hybridized carbons (Fsp3) is 0.0455. The summed E-state index contributed by atoms with van der Waals surface area (Å²) in [6.07, 6.45) is 0.924. The van der Waals surface area contributed by atoms with Gasteiger partial charge in [0.1, 0.15) is 0 Å². The number of hydrogen-bond donors (Lipinski definition) is 0. The molecular weight excluding hydrogens is 553 g/mol. The standard InChI is InChI=1S/C44H28BN/c1-4-13-28(14-5-1)32-25-26-37-41-35(32)27-29-23-24-34-33-19-10-11-21-38(33)46-39-22-12-20-36(42(39)45(41)40(29)43(34)46)44(37,30-15-6-2-7-16-30)31-17-8-3-9-18-31/h1-26H,27H2. The lowest BCUT2D eigenvalue weighted by molar-refractivity contribution is 0.748. The van der Waals surface area contributed by atoms with Gasteiger partial charge in [-0.25, -0.2) is 0 Å². The van der Waals surface area contributed by atoms with Gasteiger partial charge in [-0.3, -0.25) is 0 Å². The van der Waals surface area contributed by atoms with E-state index in [4.69, 9.17) is 0 Å². The molecule has 0 aliphatic carbocycles. The summed E-state index contributed by atoms with van der Waals surface area (Å²) in [5.74, 6) is 0. The average molecular weight is 582 g/mol. The SMILES string of the molecule is c1ccc(-c2ccc3c4c2Cc2ccc5c6ccccc6n6c5c2B4c2c-6cccc2C3(c2ccccc2)c2ccccc2)cc1. The minimum absolute atomic E-state index is 0.171.